The zero-order chi connectivity index (χ0) is 17.6. The molecule has 0 unspecified atom stereocenters. The molecule has 1 N–H and O–H groups in total. The molecule has 0 aliphatic rings. The van der Waals surface area contributed by atoms with Crippen LogP contribution in [0.4, 0.5) is 5.69 Å². The summed E-state index contributed by atoms with van der Waals surface area (Å²) in [4.78, 5) is 12.5. The number of nitrogens with one attached hydrogen (secondary N) is 1. The highest BCUT2D eigenvalue weighted by molar-refractivity contribution is 7.92. The first-order chi connectivity index (χ1) is 10.7. The summed E-state index contributed by atoms with van der Waals surface area (Å²) >= 11 is 5.95. The van der Waals surface area contributed by atoms with Gasteiger partial charge in [-0.05, 0) is 31.5 Å². The Morgan fingerprint density at radius 3 is 2.57 bits per heavy atom. The van der Waals surface area contributed by atoms with Crippen LogP contribution >= 0.6 is 11.6 Å². The molecule has 0 spiro atoms. The molecule has 0 radical (unpaired) electrons. The number of hydrogen-bond donors (Lipinski definition) is 1. The first kappa shape index (κ1) is 19.7. The number of hydrogen-bond acceptors (Lipinski definition) is 4. The monoisotopic (exact) mass is 362 g/mol. The van der Waals surface area contributed by atoms with Gasteiger partial charge in [0.2, 0.25) is 15.9 Å². The second-order valence-electron chi connectivity index (χ2n) is 5.33. The molecule has 1 amide bonds. The summed E-state index contributed by atoms with van der Waals surface area (Å²) in [6, 6.07) is 5.35. The van der Waals surface area contributed by atoms with Crippen molar-refractivity contribution in [1.29, 1.82) is 0 Å². The zero-order valence-electron chi connectivity index (χ0n) is 13.7. The summed E-state index contributed by atoms with van der Waals surface area (Å²) in [6.07, 6.45) is 1.40. The molecule has 0 fully saturated rings. The van der Waals surface area contributed by atoms with E-state index in [9.17, 15) is 13.2 Å². The molecular weight excluding hydrogens is 340 g/mol. The van der Waals surface area contributed by atoms with Crippen molar-refractivity contribution in [2.75, 3.05) is 24.3 Å². The Labute approximate surface area is 142 Å². The van der Waals surface area contributed by atoms with Crippen molar-refractivity contribution in [2.45, 2.75) is 32.4 Å². The number of carbonyl (C=O) groups is 1. The number of amides is 1. The van der Waals surface area contributed by atoms with Gasteiger partial charge in [-0.25, -0.2) is 8.42 Å². The standard InChI is InChI=1S/C15H23ClN2O4S/c1-5-14(15(19)17-11(2)10-22-3)18(23(4,20)21)13-8-6-7-12(16)9-13/h6-9,11,14H,5,10H2,1-4H3,(H,17,19)/t11-,14-/m1/s1. The number of benzene rings is 1. The van der Waals surface area contributed by atoms with Crippen LogP contribution in [0, 0.1) is 0 Å². The third-order valence-electron chi connectivity index (χ3n) is 3.20. The van der Waals surface area contributed by atoms with Gasteiger partial charge in [0.15, 0.2) is 0 Å². The highest BCUT2D eigenvalue weighted by atomic mass is 35.5. The third kappa shape index (κ3) is 5.67. The first-order valence-electron chi connectivity index (χ1n) is 7.25. The molecular formula is C15H23ClN2O4S. The number of methoxy groups -OCH3 is 1. The minimum Gasteiger partial charge on any atom is -0.383 e. The lowest BCUT2D eigenvalue weighted by molar-refractivity contribution is -0.123. The van der Waals surface area contributed by atoms with Gasteiger partial charge in [0, 0.05) is 18.2 Å². The first-order valence-corrected chi connectivity index (χ1v) is 9.47. The number of anilines is 1. The SMILES string of the molecule is CC[C@H](C(=O)N[C@H](C)COC)N(c1cccc(Cl)c1)S(C)(=O)=O. The van der Waals surface area contributed by atoms with Crippen LogP contribution in [0.2, 0.25) is 5.02 Å². The van der Waals surface area contributed by atoms with E-state index in [-0.39, 0.29) is 11.9 Å². The Morgan fingerprint density at radius 1 is 1.43 bits per heavy atom. The predicted octanol–water partition coefficient (Wildman–Crippen LogP) is 2.04. The smallest absolute Gasteiger partial charge is 0.244 e. The molecule has 0 aliphatic heterocycles. The number of ether oxygens (including phenoxy) is 1. The van der Waals surface area contributed by atoms with Crippen molar-refractivity contribution in [2.24, 2.45) is 0 Å². The summed E-state index contributed by atoms with van der Waals surface area (Å²) in [6.45, 7) is 3.89. The zero-order valence-corrected chi connectivity index (χ0v) is 15.3. The van der Waals surface area contributed by atoms with E-state index in [4.69, 9.17) is 16.3 Å². The lowest BCUT2D eigenvalue weighted by Gasteiger charge is -2.31. The molecule has 0 bridgehead atoms. The minimum absolute atomic E-state index is 0.220. The number of nitrogens with zero attached hydrogens (tertiary/aromatic N) is 1. The maximum absolute atomic E-state index is 12.5. The molecule has 8 heteroatoms. The molecule has 0 saturated heterocycles. The Bertz CT molecular complexity index is 636. The fourth-order valence-electron chi connectivity index (χ4n) is 2.30. The average Bonchev–Trinajstić information content (AvgIpc) is 2.43. The van der Waals surface area contributed by atoms with Crippen LogP contribution in [0.1, 0.15) is 20.3 Å². The van der Waals surface area contributed by atoms with E-state index in [0.29, 0.717) is 23.7 Å². The lowest BCUT2D eigenvalue weighted by Crippen LogP contribution is -2.51. The van der Waals surface area contributed by atoms with E-state index in [0.717, 1.165) is 10.6 Å². The largest absolute Gasteiger partial charge is 0.383 e. The lowest BCUT2D eigenvalue weighted by atomic mass is 10.1. The molecule has 1 rings (SSSR count). The van der Waals surface area contributed by atoms with Crippen LogP contribution in [0.5, 0.6) is 0 Å². The van der Waals surface area contributed by atoms with Crippen molar-refractivity contribution >= 4 is 33.2 Å². The fourth-order valence-corrected chi connectivity index (χ4v) is 3.69. The second-order valence-corrected chi connectivity index (χ2v) is 7.62. The predicted molar refractivity (Wildman–Crippen MR) is 92.3 cm³/mol. The quantitative estimate of drug-likeness (QED) is 0.767. The Hall–Kier alpha value is -1.31. The van der Waals surface area contributed by atoms with Crippen molar-refractivity contribution < 1.29 is 17.9 Å². The van der Waals surface area contributed by atoms with Crippen LogP contribution in [0.15, 0.2) is 24.3 Å². The Morgan fingerprint density at radius 2 is 2.09 bits per heavy atom. The van der Waals surface area contributed by atoms with Gasteiger partial charge in [-0.2, -0.15) is 0 Å². The van der Waals surface area contributed by atoms with Crippen LogP contribution in [0.25, 0.3) is 0 Å². The summed E-state index contributed by atoms with van der Waals surface area (Å²) in [5.74, 6) is -0.373. The topological polar surface area (TPSA) is 75.7 Å². The number of rotatable bonds is 8. The van der Waals surface area contributed by atoms with Gasteiger partial charge in [-0.15, -0.1) is 0 Å². The molecule has 0 aliphatic carbocycles. The molecule has 1 aromatic rings. The van der Waals surface area contributed by atoms with Crippen LogP contribution in [-0.2, 0) is 19.6 Å². The molecule has 0 aromatic heterocycles. The highest BCUT2D eigenvalue weighted by Gasteiger charge is 2.32. The van der Waals surface area contributed by atoms with Crippen molar-refractivity contribution in [3.8, 4) is 0 Å². The van der Waals surface area contributed by atoms with Crippen LogP contribution in [0.3, 0.4) is 0 Å². The molecule has 0 saturated carbocycles. The van der Waals surface area contributed by atoms with Crippen molar-refractivity contribution in [3.05, 3.63) is 29.3 Å². The maximum atomic E-state index is 12.5. The number of sulfonamides is 1. The van der Waals surface area contributed by atoms with E-state index in [1.807, 2.05) is 0 Å². The highest BCUT2D eigenvalue weighted by Crippen LogP contribution is 2.25. The van der Waals surface area contributed by atoms with Crippen molar-refractivity contribution in [3.63, 3.8) is 0 Å². The summed E-state index contributed by atoms with van der Waals surface area (Å²) < 4.78 is 30.6. The van der Waals surface area contributed by atoms with E-state index < -0.39 is 16.1 Å². The molecule has 0 heterocycles. The summed E-state index contributed by atoms with van der Waals surface area (Å²) in [5, 5.41) is 3.17. The molecule has 6 nitrogen and oxygen atoms in total. The molecule has 130 valence electrons. The van der Waals surface area contributed by atoms with Gasteiger partial charge < -0.3 is 10.1 Å². The van der Waals surface area contributed by atoms with E-state index in [1.54, 1.807) is 32.0 Å². The maximum Gasteiger partial charge on any atom is 0.244 e. The third-order valence-corrected chi connectivity index (χ3v) is 4.61. The van der Waals surface area contributed by atoms with Gasteiger partial charge in [0.25, 0.3) is 0 Å². The van der Waals surface area contributed by atoms with Crippen LogP contribution < -0.4 is 9.62 Å². The van der Waals surface area contributed by atoms with E-state index in [2.05, 4.69) is 5.32 Å². The normalized spacial score (nSPS) is 14.1. The van der Waals surface area contributed by atoms with Crippen molar-refractivity contribution in [1.82, 2.24) is 5.32 Å². The molecule has 23 heavy (non-hydrogen) atoms. The molecule has 1 aromatic carbocycles. The minimum atomic E-state index is -3.66. The average molecular weight is 363 g/mol. The van der Waals surface area contributed by atoms with E-state index in [1.165, 1.54) is 13.2 Å². The van der Waals surface area contributed by atoms with Gasteiger partial charge in [-0.1, -0.05) is 24.6 Å². The fraction of sp³-hybridized carbons (Fsp3) is 0.533. The number of halogens is 1. The van der Waals surface area contributed by atoms with Gasteiger partial charge in [-0.3, -0.25) is 9.10 Å². The Kier molecular flexibility index (Phi) is 7.31. The Balaban J connectivity index is 3.16. The molecule has 2 atom stereocenters. The van der Waals surface area contributed by atoms with Gasteiger partial charge in [0.1, 0.15) is 6.04 Å². The summed E-state index contributed by atoms with van der Waals surface area (Å²) in [7, 11) is -2.12. The van der Waals surface area contributed by atoms with Gasteiger partial charge in [0.05, 0.1) is 18.6 Å². The van der Waals surface area contributed by atoms with Gasteiger partial charge >= 0.3 is 0 Å². The second kappa shape index (κ2) is 8.52. The van der Waals surface area contributed by atoms with E-state index >= 15 is 0 Å². The number of carbonyl (C=O) groups excluding carboxylic acids is 1. The summed E-state index contributed by atoms with van der Waals surface area (Å²) in [5.41, 5.74) is 0.362. The van der Waals surface area contributed by atoms with Crippen LogP contribution in [-0.4, -0.2) is 46.4 Å².